The van der Waals surface area contributed by atoms with E-state index in [9.17, 15) is 9.90 Å². The summed E-state index contributed by atoms with van der Waals surface area (Å²) in [5.74, 6) is 0.934. The number of hydrogen-bond donors (Lipinski definition) is 1. The first kappa shape index (κ1) is 18.3. The molecule has 2 heteroatoms. The van der Waals surface area contributed by atoms with Gasteiger partial charge in [0.1, 0.15) is 5.60 Å². The zero-order valence-electron chi connectivity index (χ0n) is 17.0. The quantitative estimate of drug-likeness (QED) is 0.504. The fourth-order valence-corrected chi connectivity index (χ4v) is 5.72. The van der Waals surface area contributed by atoms with Crippen LogP contribution < -0.4 is 0 Å². The van der Waals surface area contributed by atoms with Gasteiger partial charge in [-0.2, -0.15) is 0 Å². The van der Waals surface area contributed by atoms with Crippen LogP contribution in [0.1, 0.15) is 38.2 Å². The van der Waals surface area contributed by atoms with Gasteiger partial charge in [-0.3, -0.25) is 4.79 Å². The topological polar surface area (TPSA) is 37.3 Å². The van der Waals surface area contributed by atoms with Crippen molar-refractivity contribution in [2.24, 2.45) is 5.41 Å². The van der Waals surface area contributed by atoms with E-state index in [4.69, 9.17) is 0 Å². The number of carbonyl (C=O) groups is 1. The average Bonchev–Trinajstić information content (AvgIpc) is 3.21. The Morgan fingerprint density at radius 1 is 0.613 bits per heavy atom. The third-order valence-corrected chi connectivity index (χ3v) is 6.96. The van der Waals surface area contributed by atoms with Crippen LogP contribution in [-0.2, 0) is 12.0 Å². The Kier molecular flexibility index (Phi) is 3.84. The molecule has 0 spiro atoms. The standard InChI is InChI=1S/C29H21O2/c30-27-23-16-8-7-15-22(23)26-24-17-9-10-18-25(24)29(31,21-13-5-2-6-14-21)28(26,27)19-20-11-3-1-4-12-20/h1-18,31H,19H2/t28-,29?/m0/s1. The van der Waals surface area contributed by atoms with E-state index in [1.54, 1.807) is 0 Å². The number of Topliss-reactive ketones (excluding diaryl/α,β-unsaturated/α-hetero) is 1. The predicted molar refractivity (Wildman–Crippen MR) is 121 cm³/mol. The first-order valence-electron chi connectivity index (χ1n) is 10.6. The highest BCUT2D eigenvalue weighted by Crippen LogP contribution is 2.67. The smallest absolute Gasteiger partial charge is 0.174 e. The Morgan fingerprint density at radius 2 is 1.16 bits per heavy atom. The second-order valence-electron chi connectivity index (χ2n) is 8.44. The number of carbonyl (C=O) groups excluding carboxylic acids is 1. The maximum Gasteiger partial charge on any atom is 0.174 e. The van der Waals surface area contributed by atoms with Crippen LogP contribution in [0.5, 0.6) is 0 Å². The zero-order chi connectivity index (χ0) is 21.1. The van der Waals surface area contributed by atoms with Crippen LogP contribution in [0, 0.1) is 11.3 Å². The van der Waals surface area contributed by atoms with Gasteiger partial charge in [-0.1, -0.05) is 109 Å². The van der Waals surface area contributed by atoms with Crippen LogP contribution >= 0.6 is 0 Å². The molecular weight excluding hydrogens is 380 g/mol. The van der Waals surface area contributed by atoms with Gasteiger partial charge in [-0.25, -0.2) is 0 Å². The van der Waals surface area contributed by atoms with Crippen LogP contribution in [0.25, 0.3) is 0 Å². The summed E-state index contributed by atoms with van der Waals surface area (Å²) in [6, 6.07) is 35.4. The minimum atomic E-state index is -1.47. The van der Waals surface area contributed by atoms with E-state index in [2.05, 4.69) is 0 Å². The minimum Gasteiger partial charge on any atom is -0.379 e. The molecule has 0 aromatic heterocycles. The molecule has 2 aliphatic carbocycles. The Bertz CT molecular complexity index is 1290. The van der Waals surface area contributed by atoms with Gasteiger partial charge in [0.2, 0.25) is 0 Å². The van der Waals surface area contributed by atoms with Crippen LogP contribution in [-0.4, -0.2) is 10.9 Å². The molecule has 2 nitrogen and oxygen atoms in total. The lowest BCUT2D eigenvalue weighted by atomic mass is 9.61. The number of fused-ring (bicyclic) bond motifs is 5. The lowest BCUT2D eigenvalue weighted by Gasteiger charge is -2.42. The van der Waals surface area contributed by atoms with Crippen molar-refractivity contribution in [3.05, 3.63) is 148 Å². The van der Waals surface area contributed by atoms with Crippen molar-refractivity contribution >= 4 is 5.78 Å². The lowest BCUT2D eigenvalue weighted by Crippen LogP contribution is -2.50. The van der Waals surface area contributed by atoms with Gasteiger partial charge in [0.25, 0.3) is 0 Å². The van der Waals surface area contributed by atoms with Gasteiger partial charge in [0.05, 0.1) is 11.3 Å². The van der Waals surface area contributed by atoms with E-state index in [0.717, 1.165) is 33.7 Å². The normalized spacial score (nSPS) is 24.0. The Balaban J connectivity index is 1.72. The average molecular weight is 401 g/mol. The van der Waals surface area contributed by atoms with Gasteiger partial charge < -0.3 is 5.11 Å². The molecule has 4 aromatic carbocycles. The second-order valence-corrected chi connectivity index (χ2v) is 8.44. The number of benzene rings is 4. The van der Waals surface area contributed by atoms with E-state index in [0.29, 0.717) is 12.0 Å². The molecule has 0 amide bonds. The van der Waals surface area contributed by atoms with Crippen molar-refractivity contribution in [3.8, 4) is 0 Å². The molecule has 0 fully saturated rings. The third-order valence-electron chi connectivity index (χ3n) is 6.96. The molecule has 1 radical (unpaired) electrons. The summed E-state index contributed by atoms with van der Waals surface area (Å²) in [6.45, 7) is 0. The lowest BCUT2D eigenvalue weighted by molar-refractivity contribution is -0.0150. The molecule has 0 saturated heterocycles. The molecule has 149 valence electrons. The van der Waals surface area contributed by atoms with E-state index in [-0.39, 0.29) is 5.78 Å². The van der Waals surface area contributed by atoms with Crippen LogP contribution in [0.3, 0.4) is 0 Å². The third kappa shape index (κ3) is 2.23. The van der Waals surface area contributed by atoms with Crippen molar-refractivity contribution in [1.82, 2.24) is 0 Å². The molecular formula is C29H21O2. The van der Waals surface area contributed by atoms with Crippen molar-refractivity contribution in [2.45, 2.75) is 12.0 Å². The molecule has 6 rings (SSSR count). The number of rotatable bonds is 3. The Morgan fingerprint density at radius 3 is 1.87 bits per heavy atom. The van der Waals surface area contributed by atoms with Crippen molar-refractivity contribution in [2.75, 3.05) is 0 Å². The number of ketones is 1. The molecule has 31 heavy (non-hydrogen) atoms. The molecule has 0 bridgehead atoms. The van der Waals surface area contributed by atoms with Crippen molar-refractivity contribution < 1.29 is 9.90 Å². The van der Waals surface area contributed by atoms with Crippen molar-refractivity contribution in [1.29, 1.82) is 0 Å². The predicted octanol–water partition coefficient (Wildman–Crippen LogP) is 5.33. The summed E-state index contributed by atoms with van der Waals surface area (Å²) in [4.78, 5) is 14.3. The van der Waals surface area contributed by atoms with Gasteiger partial charge in [0.15, 0.2) is 5.78 Å². The molecule has 2 aliphatic rings. The van der Waals surface area contributed by atoms with Gasteiger partial charge >= 0.3 is 0 Å². The summed E-state index contributed by atoms with van der Waals surface area (Å²) in [5.41, 5.74) is 2.57. The van der Waals surface area contributed by atoms with Crippen LogP contribution in [0.15, 0.2) is 109 Å². The molecule has 1 unspecified atom stereocenters. The highest BCUT2D eigenvalue weighted by atomic mass is 16.3. The van der Waals surface area contributed by atoms with E-state index in [1.807, 2.05) is 109 Å². The summed E-state index contributed by atoms with van der Waals surface area (Å²) in [6.07, 6.45) is 0.427. The zero-order valence-corrected chi connectivity index (χ0v) is 17.0. The number of hydrogen-bond acceptors (Lipinski definition) is 2. The monoisotopic (exact) mass is 401 g/mol. The Labute approximate surface area is 181 Å². The highest BCUT2D eigenvalue weighted by Gasteiger charge is 2.70. The fourth-order valence-electron chi connectivity index (χ4n) is 5.72. The molecule has 0 heterocycles. The fraction of sp³-hybridized carbons (Fsp3) is 0.103. The summed E-state index contributed by atoms with van der Waals surface area (Å²) >= 11 is 0. The summed E-state index contributed by atoms with van der Waals surface area (Å²) in [5, 5.41) is 12.7. The number of aliphatic hydroxyl groups is 1. The van der Waals surface area contributed by atoms with Crippen molar-refractivity contribution in [3.63, 3.8) is 0 Å². The Hall–Kier alpha value is -3.49. The van der Waals surface area contributed by atoms with E-state index in [1.165, 1.54) is 0 Å². The molecule has 2 atom stereocenters. The van der Waals surface area contributed by atoms with Crippen LogP contribution in [0.2, 0.25) is 0 Å². The van der Waals surface area contributed by atoms with Gasteiger partial charge in [-0.15, -0.1) is 0 Å². The first-order valence-corrected chi connectivity index (χ1v) is 10.6. The molecule has 0 aliphatic heterocycles. The maximum atomic E-state index is 14.3. The maximum absolute atomic E-state index is 14.3. The molecule has 1 N–H and O–H groups in total. The highest BCUT2D eigenvalue weighted by molar-refractivity contribution is 6.12. The van der Waals surface area contributed by atoms with E-state index < -0.39 is 11.0 Å². The first-order chi connectivity index (χ1) is 15.2. The minimum absolute atomic E-state index is 0.00972. The largest absolute Gasteiger partial charge is 0.379 e. The summed E-state index contributed by atoms with van der Waals surface area (Å²) < 4.78 is 0. The summed E-state index contributed by atoms with van der Waals surface area (Å²) in [7, 11) is 0. The van der Waals surface area contributed by atoms with Crippen LogP contribution in [0.4, 0.5) is 0 Å². The van der Waals surface area contributed by atoms with Gasteiger partial charge in [0, 0.05) is 5.56 Å². The van der Waals surface area contributed by atoms with E-state index >= 15 is 0 Å². The second kappa shape index (κ2) is 6.50. The molecule has 4 aromatic rings. The van der Waals surface area contributed by atoms with Gasteiger partial charge in [-0.05, 0) is 34.2 Å². The SMILES string of the molecule is O=C1c2ccccc2[C]2c3ccccc3C(O)(c3ccccc3)[C@@]21Cc1ccccc1. The molecule has 0 saturated carbocycles.